The zero-order chi connectivity index (χ0) is 21.3. The van der Waals surface area contributed by atoms with Crippen molar-refractivity contribution in [3.05, 3.63) is 24.3 Å². The Hall–Kier alpha value is -1.26. The molecule has 2 saturated heterocycles. The van der Waals surface area contributed by atoms with Gasteiger partial charge in [0.05, 0.1) is 13.7 Å². The smallest absolute Gasteiger partial charge is 0.194 e. The first kappa shape index (κ1) is 26.0. The van der Waals surface area contributed by atoms with E-state index in [0.717, 1.165) is 70.6 Å². The minimum absolute atomic E-state index is 0. The van der Waals surface area contributed by atoms with Crippen LogP contribution in [-0.2, 0) is 0 Å². The maximum Gasteiger partial charge on any atom is 0.194 e. The number of piperazine rings is 2. The molecule has 1 unspecified atom stereocenters. The quantitative estimate of drug-likeness (QED) is 0.324. The zero-order valence-electron chi connectivity index (χ0n) is 19.7. The number of halogens is 1. The third kappa shape index (κ3) is 7.39. The Morgan fingerprint density at radius 2 is 1.65 bits per heavy atom. The number of aliphatic imine (C=N–C) groups is 1. The standard InChI is InChI=1S/C23H40N6O.HI/c1-5-24-23(25-19-20(3)27-13-11-26(6-2)12-14-27)29-17-15-28(16-18-29)21-7-9-22(30-4)10-8-21;/h7-10,20H,5-6,11-19H2,1-4H3,(H,24,25);1H. The fourth-order valence-electron chi connectivity index (χ4n) is 4.25. The van der Waals surface area contributed by atoms with Crippen molar-refractivity contribution in [3.8, 4) is 5.75 Å². The van der Waals surface area contributed by atoms with E-state index in [0.29, 0.717) is 6.04 Å². The molecule has 1 atom stereocenters. The van der Waals surface area contributed by atoms with Crippen molar-refractivity contribution in [1.82, 2.24) is 20.0 Å². The average molecular weight is 545 g/mol. The molecular formula is C23H41IN6O. The van der Waals surface area contributed by atoms with E-state index in [1.165, 1.54) is 18.8 Å². The van der Waals surface area contributed by atoms with Crippen LogP contribution in [-0.4, -0.2) is 106 Å². The van der Waals surface area contributed by atoms with E-state index >= 15 is 0 Å². The predicted molar refractivity (Wildman–Crippen MR) is 141 cm³/mol. The second-order valence-corrected chi connectivity index (χ2v) is 8.19. The molecule has 3 rings (SSSR count). The van der Waals surface area contributed by atoms with Crippen molar-refractivity contribution in [2.45, 2.75) is 26.8 Å². The van der Waals surface area contributed by atoms with E-state index in [1.54, 1.807) is 7.11 Å². The largest absolute Gasteiger partial charge is 0.497 e. The SMILES string of the molecule is CCNC(=NCC(C)N1CCN(CC)CC1)N1CCN(c2ccc(OC)cc2)CC1.I. The number of hydrogen-bond acceptors (Lipinski definition) is 5. The van der Waals surface area contributed by atoms with E-state index in [9.17, 15) is 0 Å². The van der Waals surface area contributed by atoms with Crippen molar-refractivity contribution in [2.75, 3.05) is 84.0 Å². The highest BCUT2D eigenvalue weighted by atomic mass is 127. The van der Waals surface area contributed by atoms with E-state index in [1.807, 2.05) is 12.1 Å². The van der Waals surface area contributed by atoms with Gasteiger partial charge < -0.3 is 24.8 Å². The van der Waals surface area contributed by atoms with Gasteiger partial charge in [0.15, 0.2) is 5.96 Å². The first-order valence-corrected chi connectivity index (χ1v) is 11.5. The number of methoxy groups -OCH3 is 1. The van der Waals surface area contributed by atoms with Gasteiger partial charge in [-0.3, -0.25) is 9.89 Å². The maximum absolute atomic E-state index is 5.28. The van der Waals surface area contributed by atoms with Crippen molar-refractivity contribution in [1.29, 1.82) is 0 Å². The van der Waals surface area contributed by atoms with Crippen LogP contribution in [0.2, 0.25) is 0 Å². The number of guanidine groups is 1. The summed E-state index contributed by atoms with van der Waals surface area (Å²) in [5.41, 5.74) is 1.26. The molecule has 1 aromatic carbocycles. The topological polar surface area (TPSA) is 46.6 Å². The molecule has 176 valence electrons. The lowest BCUT2D eigenvalue weighted by molar-refractivity contribution is 0.109. The Labute approximate surface area is 205 Å². The molecule has 0 amide bonds. The van der Waals surface area contributed by atoms with Gasteiger partial charge in [0.2, 0.25) is 0 Å². The average Bonchev–Trinajstić information content (AvgIpc) is 2.82. The van der Waals surface area contributed by atoms with E-state index < -0.39 is 0 Å². The van der Waals surface area contributed by atoms with Crippen molar-refractivity contribution >= 4 is 35.6 Å². The summed E-state index contributed by atoms with van der Waals surface area (Å²) in [5.74, 6) is 1.97. The lowest BCUT2D eigenvalue weighted by Gasteiger charge is -2.39. The summed E-state index contributed by atoms with van der Waals surface area (Å²) in [5, 5.41) is 3.51. The number of rotatable bonds is 7. The Morgan fingerprint density at radius 3 is 2.19 bits per heavy atom. The molecule has 0 saturated carbocycles. The molecule has 2 heterocycles. The number of hydrogen-bond donors (Lipinski definition) is 1. The van der Waals surface area contributed by atoms with Crippen LogP contribution in [0.1, 0.15) is 20.8 Å². The summed E-state index contributed by atoms with van der Waals surface area (Å²) < 4.78 is 5.28. The molecule has 0 aromatic heterocycles. The summed E-state index contributed by atoms with van der Waals surface area (Å²) in [4.78, 5) is 15.0. The minimum Gasteiger partial charge on any atom is -0.497 e. The summed E-state index contributed by atoms with van der Waals surface area (Å²) >= 11 is 0. The van der Waals surface area contributed by atoms with Gasteiger partial charge in [-0.15, -0.1) is 24.0 Å². The summed E-state index contributed by atoms with van der Waals surface area (Å²) in [6, 6.07) is 8.85. The number of nitrogens with zero attached hydrogens (tertiary/aromatic N) is 5. The Bertz CT molecular complexity index is 655. The van der Waals surface area contributed by atoms with Gasteiger partial charge in [-0.05, 0) is 44.7 Å². The van der Waals surface area contributed by atoms with E-state index in [-0.39, 0.29) is 24.0 Å². The number of ether oxygens (including phenoxy) is 1. The number of anilines is 1. The molecule has 1 aromatic rings. The third-order valence-electron chi connectivity index (χ3n) is 6.33. The van der Waals surface area contributed by atoms with Gasteiger partial charge in [-0.1, -0.05) is 6.92 Å². The molecule has 8 heteroatoms. The van der Waals surface area contributed by atoms with E-state index in [4.69, 9.17) is 9.73 Å². The lowest BCUT2D eigenvalue weighted by Crippen LogP contribution is -2.53. The molecule has 2 aliphatic heterocycles. The monoisotopic (exact) mass is 544 g/mol. The molecule has 0 aliphatic carbocycles. The summed E-state index contributed by atoms with van der Waals surface area (Å²) in [6.45, 7) is 18.3. The van der Waals surface area contributed by atoms with Crippen LogP contribution in [0.3, 0.4) is 0 Å². The fraction of sp³-hybridized carbons (Fsp3) is 0.696. The molecule has 31 heavy (non-hydrogen) atoms. The molecule has 2 aliphatic rings. The van der Waals surface area contributed by atoms with Crippen LogP contribution < -0.4 is 15.0 Å². The lowest BCUT2D eigenvalue weighted by atomic mass is 10.2. The molecule has 7 nitrogen and oxygen atoms in total. The van der Waals surface area contributed by atoms with Crippen molar-refractivity contribution in [3.63, 3.8) is 0 Å². The summed E-state index contributed by atoms with van der Waals surface area (Å²) in [7, 11) is 1.71. The van der Waals surface area contributed by atoms with E-state index in [2.05, 4.69) is 57.8 Å². The van der Waals surface area contributed by atoms with Gasteiger partial charge in [0.1, 0.15) is 5.75 Å². The van der Waals surface area contributed by atoms with Gasteiger partial charge in [0.25, 0.3) is 0 Å². The molecular weight excluding hydrogens is 503 g/mol. The Balaban J connectivity index is 0.00000341. The second-order valence-electron chi connectivity index (χ2n) is 8.19. The van der Waals surface area contributed by atoms with Crippen molar-refractivity contribution in [2.24, 2.45) is 4.99 Å². The maximum atomic E-state index is 5.28. The van der Waals surface area contributed by atoms with Crippen LogP contribution in [0.4, 0.5) is 5.69 Å². The highest BCUT2D eigenvalue weighted by molar-refractivity contribution is 14.0. The molecule has 1 N–H and O–H groups in total. The van der Waals surface area contributed by atoms with Gasteiger partial charge in [0, 0.05) is 70.6 Å². The molecule has 0 radical (unpaired) electrons. The highest BCUT2D eigenvalue weighted by Gasteiger charge is 2.22. The van der Waals surface area contributed by atoms with Gasteiger partial charge in [-0.25, -0.2) is 0 Å². The Morgan fingerprint density at radius 1 is 1.00 bits per heavy atom. The van der Waals surface area contributed by atoms with Crippen LogP contribution in [0.5, 0.6) is 5.75 Å². The predicted octanol–water partition coefficient (Wildman–Crippen LogP) is 2.43. The van der Waals surface area contributed by atoms with Crippen LogP contribution in [0.25, 0.3) is 0 Å². The Kier molecular flexibility index (Phi) is 11.2. The van der Waals surface area contributed by atoms with Crippen LogP contribution >= 0.6 is 24.0 Å². The van der Waals surface area contributed by atoms with Gasteiger partial charge >= 0.3 is 0 Å². The normalized spacial score (nSPS) is 19.7. The zero-order valence-corrected chi connectivity index (χ0v) is 22.0. The first-order chi connectivity index (χ1) is 14.6. The van der Waals surface area contributed by atoms with Crippen LogP contribution in [0.15, 0.2) is 29.3 Å². The number of nitrogens with one attached hydrogen (secondary N) is 1. The fourth-order valence-corrected chi connectivity index (χ4v) is 4.25. The third-order valence-corrected chi connectivity index (χ3v) is 6.33. The second kappa shape index (κ2) is 13.3. The van der Waals surface area contributed by atoms with Gasteiger partial charge in [-0.2, -0.15) is 0 Å². The summed E-state index contributed by atoms with van der Waals surface area (Å²) in [6.07, 6.45) is 0. The first-order valence-electron chi connectivity index (χ1n) is 11.5. The molecule has 2 fully saturated rings. The van der Waals surface area contributed by atoms with Crippen molar-refractivity contribution < 1.29 is 4.74 Å². The number of benzene rings is 1. The molecule has 0 bridgehead atoms. The molecule has 0 spiro atoms. The minimum atomic E-state index is 0. The highest BCUT2D eigenvalue weighted by Crippen LogP contribution is 2.20. The number of likely N-dealkylation sites (N-methyl/N-ethyl adjacent to an activating group) is 1. The van der Waals surface area contributed by atoms with Crippen LogP contribution in [0, 0.1) is 0 Å².